The Labute approximate surface area is 176 Å². The van der Waals surface area contributed by atoms with Gasteiger partial charge in [-0.05, 0) is 42.3 Å². The van der Waals surface area contributed by atoms with Crippen LogP contribution in [0.25, 0.3) is 0 Å². The Hall–Kier alpha value is -1.86. The number of morpholine rings is 1. The summed E-state index contributed by atoms with van der Waals surface area (Å²) in [6.45, 7) is 6.94. The van der Waals surface area contributed by atoms with E-state index in [-0.39, 0.29) is 11.9 Å². The molecule has 1 unspecified atom stereocenters. The molecule has 0 amide bonds. The van der Waals surface area contributed by atoms with Gasteiger partial charge in [0.25, 0.3) is 0 Å². The number of hydrogen-bond donors (Lipinski definition) is 1. The molecule has 5 nitrogen and oxygen atoms in total. The third-order valence-corrected chi connectivity index (χ3v) is 5.26. The average Bonchev–Trinajstić information content (AvgIpc) is 2.73. The van der Waals surface area contributed by atoms with E-state index >= 15 is 0 Å². The maximum absolute atomic E-state index is 13.4. The maximum Gasteiger partial charge on any atom is 0.179 e. The van der Waals surface area contributed by atoms with Crippen molar-refractivity contribution in [2.45, 2.75) is 19.5 Å². The minimum atomic E-state index is -0.223. The summed E-state index contributed by atoms with van der Waals surface area (Å²) in [5.41, 5.74) is 2.10. The second kappa shape index (κ2) is 10.8. The standard InChI is InChI=1S/C22H28ClFN2O3/c1-3-29-21-13-16(12-19(23)22(21)27-2)14-25-15-20(26-8-10-28-11-9-26)17-4-6-18(24)7-5-17/h4-7,12-13,20,25H,3,8-11,14-15H2,1-2H3. The Morgan fingerprint density at radius 1 is 1.21 bits per heavy atom. The fourth-order valence-electron chi connectivity index (χ4n) is 3.57. The number of ether oxygens (including phenoxy) is 3. The minimum absolute atomic E-state index is 0.139. The van der Waals surface area contributed by atoms with Crippen LogP contribution in [0.3, 0.4) is 0 Å². The number of nitrogens with zero attached hydrogens (tertiary/aromatic N) is 1. The van der Waals surface area contributed by atoms with Crippen molar-refractivity contribution in [2.75, 3.05) is 46.6 Å². The first-order chi connectivity index (χ1) is 14.1. The number of benzene rings is 2. The highest BCUT2D eigenvalue weighted by Gasteiger charge is 2.22. The fourth-order valence-corrected chi connectivity index (χ4v) is 3.88. The Morgan fingerprint density at radius 3 is 2.59 bits per heavy atom. The third kappa shape index (κ3) is 5.82. The van der Waals surface area contributed by atoms with Gasteiger partial charge in [0.1, 0.15) is 5.82 Å². The van der Waals surface area contributed by atoms with E-state index in [2.05, 4.69) is 10.2 Å². The number of hydrogen-bond acceptors (Lipinski definition) is 5. The number of nitrogens with one attached hydrogen (secondary N) is 1. The van der Waals surface area contributed by atoms with Crippen LogP contribution in [0.15, 0.2) is 36.4 Å². The van der Waals surface area contributed by atoms with Crippen molar-refractivity contribution >= 4 is 11.6 Å². The van der Waals surface area contributed by atoms with Gasteiger partial charge in [-0.2, -0.15) is 0 Å². The zero-order chi connectivity index (χ0) is 20.6. The molecule has 0 bridgehead atoms. The molecular weight excluding hydrogens is 395 g/mol. The van der Waals surface area contributed by atoms with Gasteiger partial charge in [0, 0.05) is 32.2 Å². The summed E-state index contributed by atoms with van der Waals surface area (Å²) in [5.74, 6) is 0.969. The van der Waals surface area contributed by atoms with Crippen LogP contribution >= 0.6 is 11.6 Å². The van der Waals surface area contributed by atoms with Crippen LogP contribution < -0.4 is 14.8 Å². The molecule has 1 aliphatic heterocycles. The van der Waals surface area contributed by atoms with Crippen molar-refractivity contribution in [3.8, 4) is 11.5 Å². The molecule has 0 radical (unpaired) electrons. The van der Waals surface area contributed by atoms with Crippen molar-refractivity contribution in [3.63, 3.8) is 0 Å². The van der Waals surface area contributed by atoms with Gasteiger partial charge < -0.3 is 19.5 Å². The fraction of sp³-hybridized carbons (Fsp3) is 0.455. The summed E-state index contributed by atoms with van der Waals surface area (Å²) in [6.07, 6.45) is 0. The first-order valence-electron chi connectivity index (χ1n) is 9.89. The van der Waals surface area contributed by atoms with Gasteiger partial charge in [0.2, 0.25) is 0 Å². The number of methoxy groups -OCH3 is 1. The lowest BCUT2D eigenvalue weighted by atomic mass is 10.0. The number of halogens is 2. The topological polar surface area (TPSA) is 43.0 Å². The third-order valence-electron chi connectivity index (χ3n) is 4.98. The summed E-state index contributed by atoms with van der Waals surface area (Å²) in [4.78, 5) is 2.37. The zero-order valence-corrected chi connectivity index (χ0v) is 17.7. The monoisotopic (exact) mass is 422 g/mol. The van der Waals surface area contributed by atoms with Crippen LogP contribution in [0, 0.1) is 5.82 Å². The zero-order valence-electron chi connectivity index (χ0n) is 16.9. The highest BCUT2D eigenvalue weighted by atomic mass is 35.5. The Kier molecular flexibility index (Phi) is 8.12. The second-order valence-corrected chi connectivity index (χ2v) is 7.30. The lowest BCUT2D eigenvalue weighted by Gasteiger charge is -2.35. The molecule has 0 aliphatic carbocycles. The van der Waals surface area contributed by atoms with Gasteiger partial charge >= 0.3 is 0 Å². The van der Waals surface area contributed by atoms with Gasteiger partial charge in [-0.25, -0.2) is 4.39 Å². The van der Waals surface area contributed by atoms with E-state index in [4.69, 9.17) is 25.8 Å². The van der Waals surface area contributed by atoms with Crippen LogP contribution in [-0.4, -0.2) is 51.5 Å². The Balaban J connectivity index is 1.70. The molecule has 1 saturated heterocycles. The highest BCUT2D eigenvalue weighted by Crippen LogP contribution is 2.36. The van der Waals surface area contributed by atoms with Crippen LogP contribution in [0.5, 0.6) is 11.5 Å². The summed E-state index contributed by atoms with van der Waals surface area (Å²) < 4.78 is 29.9. The molecule has 29 heavy (non-hydrogen) atoms. The first kappa shape index (κ1) is 21.8. The summed E-state index contributed by atoms with van der Waals surface area (Å²) in [7, 11) is 1.58. The molecule has 2 aromatic rings. The van der Waals surface area contributed by atoms with Crippen LogP contribution in [-0.2, 0) is 11.3 Å². The summed E-state index contributed by atoms with van der Waals surface area (Å²) >= 11 is 6.35. The molecule has 0 aromatic heterocycles. The largest absolute Gasteiger partial charge is 0.491 e. The molecule has 1 aliphatic rings. The number of rotatable bonds is 9. The summed E-state index contributed by atoms with van der Waals surface area (Å²) in [5, 5.41) is 4.04. The predicted molar refractivity (Wildman–Crippen MR) is 112 cm³/mol. The van der Waals surface area contributed by atoms with Gasteiger partial charge in [0.05, 0.1) is 32.0 Å². The van der Waals surface area contributed by atoms with E-state index in [1.165, 1.54) is 12.1 Å². The molecule has 1 fully saturated rings. The predicted octanol–water partition coefficient (Wildman–Crippen LogP) is 4.05. The van der Waals surface area contributed by atoms with Gasteiger partial charge in [-0.1, -0.05) is 23.7 Å². The van der Waals surface area contributed by atoms with Crippen LogP contribution in [0.1, 0.15) is 24.1 Å². The lowest BCUT2D eigenvalue weighted by molar-refractivity contribution is 0.0161. The van der Waals surface area contributed by atoms with E-state index in [0.717, 1.165) is 30.8 Å². The van der Waals surface area contributed by atoms with Crippen LogP contribution in [0.4, 0.5) is 4.39 Å². The minimum Gasteiger partial charge on any atom is -0.491 e. The highest BCUT2D eigenvalue weighted by molar-refractivity contribution is 6.32. The van der Waals surface area contributed by atoms with Gasteiger partial charge in [-0.3, -0.25) is 4.90 Å². The van der Waals surface area contributed by atoms with Crippen molar-refractivity contribution in [1.29, 1.82) is 0 Å². The second-order valence-electron chi connectivity index (χ2n) is 6.89. The molecule has 158 valence electrons. The maximum atomic E-state index is 13.4. The van der Waals surface area contributed by atoms with Crippen molar-refractivity contribution in [2.24, 2.45) is 0 Å². The molecule has 1 heterocycles. The van der Waals surface area contributed by atoms with Crippen molar-refractivity contribution in [1.82, 2.24) is 10.2 Å². The molecule has 1 N–H and O–H groups in total. The normalized spacial score (nSPS) is 15.9. The molecular formula is C22H28ClFN2O3. The van der Waals surface area contributed by atoms with Gasteiger partial charge in [-0.15, -0.1) is 0 Å². The Bertz CT molecular complexity index is 782. The molecule has 1 atom stereocenters. The van der Waals surface area contributed by atoms with Crippen molar-refractivity contribution in [3.05, 3.63) is 58.4 Å². The first-order valence-corrected chi connectivity index (χ1v) is 10.3. The van der Waals surface area contributed by atoms with E-state index < -0.39 is 0 Å². The molecule has 3 rings (SSSR count). The molecule has 0 spiro atoms. The van der Waals surface area contributed by atoms with E-state index in [1.54, 1.807) is 7.11 Å². The van der Waals surface area contributed by atoms with E-state index in [1.807, 2.05) is 31.2 Å². The van der Waals surface area contributed by atoms with Crippen molar-refractivity contribution < 1.29 is 18.6 Å². The van der Waals surface area contributed by atoms with E-state index in [0.29, 0.717) is 42.9 Å². The quantitative estimate of drug-likeness (QED) is 0.660. The average molecular weight is 423 g/mol. The SMILES string of the molecule is CCOc1cc(CNCC(c2ccc(F)cc2)N2CCOCC2)cc(Cl)c1OC. The molecule has 0 saturated carbocycles. The molecule has 7 heteroatoms. The van der Waals surface area contributed by atoms with E-state index in [9.17, 15) is 4.39 Å². The van der Waals surface area contributed by atoms with Crippen LogP contribution in [0.2, 0.25) is 5.02 Å². The van der Waals surface area contributed by atoms with Gasteiger partial charge in [0.15, 0.2) is 11.5 Å². The summed E-state index contributed by atoms with van der Waals surface area (Å²) in [6, 6.07) is 10.7. The molecule has 2 aromatic carbocycles. The Morgan fingerprint density at radius 2 is 1.93 bits per heavy atom. The lowest BCUT2D eigenvalue weighted by Crippen LogP contribution is -2.42. The smallest absolute Gasteiger partial charge is 0.179 e.